The number of ether oxygens (including phenoxy) is 1. The summed E-state index contributed by atoms with van der Waals surface area (Å²) in [6.07, 6.45) is 1.63. The second-order valence-electron chi connectivity index (χ2n) is 7.79. The van der Waals surface area contributed by atoms with Crippen molar-refractivity contribution in [3.63, 3.8) is 0 Å². The summed E-state index contributed by atoms with van der Waals surface area (Å²) in [6, 6.07) is 20.2. The highest BCUT2D eigenvalue weighted by molar-refractivity contribution is 8.15. The molecule has 1 N–H and O–H groups in total. The Morgan fingerprint density at radius 2 is 1.86 bits per heavy atom. The van der Waals surface area contributed by atoms with Crippen LogP contribution < -0.4 is 5.32 Å². The van der Waals surface area contributed by atoms with E-state index in [4.69, 9.17) is 9.73 Å². The first kappa shape index (κ1) is 24.2. The van der Waals surface area contributed by atoms with Crippen LogP contribution >= 0.6 is 11.8 Å². The van der Waals surface area contributed by atoms with E-state index >= 15 is 0 Å². The van der Waals surface area contributed by atoms with Crippen molar-refractivity contribution >= 4 is 56.9 Å². The molecular formula is C27H25N3O4S. The summed E-state index contributed by atoms with van der Waals surface area (Å²) >= 11 is 1.28. The molecule has 3 aromatic rings. The number of aliphatic imine (C=N–C) groups is 1. The Kier molecular flexibility index (Phi) is 7.62. The highest BCUT2D eigenvalue weighted by Crippen LogP contribution is 2.34. The third kappa shape index (κ3) is 5.60. The van der Waals surface area contributed by atoms with Crippen molar-refractivity contribution in [1.29, 1.82) is 0 Å². The SMILES string of the molecule is C=CCN1C(=O)[C@H](CC(=O)Nc2ccc(C(=O)OCC)cc2)SC1=Nc1cccc2ccccc12. The highest BCUT2D eigenvalue weighted by atomic mass is 32.2. The summed E-state index contributed by atoms with van der Waals surface area (Å²) in [5.74, 6) is -0.898. The van der Waals surface area contributed by atoms with Gasteiger partial charge in [0.05, 0.1) is 17.9 Å². The molecule has 0 saturated carbocycles. The second-order valence-corrected chi connectivity index (χ2v) is 8.96. The number of esters is 1. The van der Waals surface area contributed by atoms with Gasteiger partial charge in [0.2, 0.25) is 11.8 Å². The number of fused-ring (bicyclic) bond motifs is 1. The third-order valence-electron chi connectivity index (χ3n) is 5.37. The number of hydrogen-bond acceptors (Lipinski definition) is 6. The highest BCUT2D eigenvalue weighted by Gasteiger charge is 2.38. The summed E-state index contributed by atoms with van der Waals surface area (Å²) in [5, 5.41) is 4.78. The molecule has 1 atom stereocenters. The minimum atomic E-state index is -0.595. The number of anilines is 1. The molecule has 0 aliphatic carbocycles. The molecular weight excluding hydrogens is 462 g/mol. The van der Waals surface area contributed by atoms with E-state index in [1.165, 1.54) is 11.8 Å². The van der Waals surface area contributed by atoms with Crippen LogP contribution in [0.1, 0.15) is 23.7 Å². The number of amidine groups is 1. The van der Waals surface area contributed by atoms with Gasteiger partial charge in [-0.1, -0.05) is 54.2 Å². The Bertz CT molecular complexity index is 1300. The van der Waals surface area contributed by atoms with Gasteiger partial charge in [-0.3, -0.25) is 14.5 Å². The van der Waals surface area contributed by atoms with E-state index in [9.17, 15) is 14.4 Å². The number of carbonyl (C=O) groups is 3. The Labute approximate surface area is 207 Å². The summed E-state index contributed by atoms with van der Waals surface area (Å²) in [4.78, 5) is 43.9. The molecule has 1 heterocycles. The van der Waals surface area contributed by atoms with E-state index in [-0.39, 0.29) is 18.2 Å². The summed E-state index contributed by atoms with van der Waals surface area (Å²) in [6.45, 7) is 6.09. The fourth-order valence-electron chi connectivity index (χ4n) is 3.72. The normalized spacial score (nSPS) is 16.5. The van der Waals surface area contributed by atoms with Gasteiger partial charge in [0.1, 0.15) is 5.25 Å². The largest absolute Gasteiger partial charge is 0.462 e. The molecule has 1 aliphatic rings. The number of thioether (sulfide) groups is 1. The van der Waals surface area contributed by atoms with Crippen LogP contribution in [0.2, 0.25) is 0 Å². The molecule has 0 aromatic heterocycles. The predicted molar refractivity (Wildman–Crippen MR) is 140 cm³/mol. The first-order valence-corrected chi connectivity index (χ1v) is 12.1. The van der Waals surface area contributed by atoms with Gasteiger partial charge < -0.3 is 10.1 Å². The van der Waals surface area contributed by atoms with Crippen LogP contribution in [-0.2, 0) is 14.3 Å². The van der Waals surface area contributed by atoms with Crippen molar-refractivity contribution in [3.05, 3.63) is 84.9 Å². The van der Waals surface area contributed by atoms with Gasteiger partial charge in [-0.15, -0.1) is 6.58 Å². The van der Waals surface area contributed by atoms with Gasteiger partial charge in [-0.2, -0.15) is 0 Å². The summed E-state index contributed by atoms with van der Waals surface area (Å²) < 4.78 is 4.97. The van der Waals surface area contributed by atoms with Crippen molar-refractivity contribution in [3.8, 4) is 0 Å². The van der Waals surface area contributed by atoms with Crippen LogP contribution in [0, 0.1) is 0 Å². The fourth-order valence-corrected chi connectivity index (χ4v) is 4.88. The zero-order chi connectivity index (χ0) is 24.8. The van der Waals surface area contributed by atoms with Gasteiger partial charge in [-0.25, -0.2) is 9.79 Å². The Hall–Kier alpha value is -3.91. The van der Waals surface area contributed by atoms with E-state index in [1.807, 2.05) is 42.5 Å². The minimum Gasteiger partial charge on any atom is -0.462 e. The topological polar surface area (TPSA) is 88.1 Å². The molecule has 0 unspecified atom stereocenters. The van der Waals surface area contributed by atoms with Gasteiger partial charge in [0.25, 0.3) is 0 Å². The van der Waals surface area contributed by atoms with E-state index in [2.05, 4.69) is 11.9 Å². The molecule has 1 aliphatic heterocycles. The van der Waals surface area contributed by atoms with Crippen LogP contribution in [0.4, 0.5) is 11.4 Å². The fraction of sp³-hybridized carbons (Fsp3) is 0.185. The van der Waals surface area contributed by atoms with Crippen LogP contribution in [-0.4, -0.2) is 46.3 Å². The molecule has 0 radical (unpaired) electrons. The molecule has 1 saturated heterocycles. The van der Waals surface area contributed by atoms with Crippen LogP contribution in [0.25, 0.3) is 10.8 Å². The number of benzene rings is 3. The first-order valence-electron chi connectivity index (χ1n) is 11.2. The van der Waals surface area contributed by atoms with Crippen molar-refractivity contribution in [2.75, 3.05) is 18.5 Å². The zero-order valence-corrected chi connectivity index (χ0v) is 20.1. The number of nitrogens with zero attached hydrogens (tertiary/aromatic N) is 2. The number of carbonyl (C=O) groups excluding carboxylic acids is 3. The Morgan fingerprint density at radius 1 is 1.11 bits per heavy atom. The monoisotopic (exact) mass is 487 g/mol. The van der Waals surface area contributed by atoms with Gasteiger partial charge in [-0.05, 0) is 42.6 Å². The number of rotatable bonds is 8. The first-order chi connectivity index (χ1) is 17.0. The van der Waals surface area contributed by atoms with E-state index in [0.717, 1.165) is 16.5 Å². The molecule has 35 heavy (non-hydrogen) atoms. The molecule has 2 amide bonds. The molecule has 178 valence electrons. The number of amides is 2. The standard InChI is InChI=1S/C27H25N3O4S/c1-3-16-30-25(32)23(17-24(31)28-20-14-12-19(13-15-20)26(33)34-4-2)35-27(30)29-22-11-7-9-18-8-5-6-10-21(18)22/h3,5-15,23H,1,4,16-17H2,2H3,(H,28,31)/t23-/m0/s1. The molecule has 7 nitrogen and oxygen atoms in total. The van der Waals surface area contributed by atoms with Crippen LogP contribution in [0.15, 0.2) is 84.4 Å². The molecule has 8 heteroatoms. The summed E-state index contributed by atoms with van der Waals surface area (Å²) in [5.41, 5.74) is 1.70. The van der Waals surface area contributed by atoms with Crippen LogP contribution in [0.3, 0.4) is 0 Å². The lowest BCUT2D eigenvalue weighted by Gasteiger charge is -2.14. The minimum absolute atomic E-state index is 0.00860. The van der Waals surface area contributed by atoms with E-state index in [0.29, 0.717) is 29.6 Å². The van der Waals surface area contributed by atoms with Gasteiger partial charge >= 0.3 is 5.97 Å². The maximum atomic E-state index is 13.1. The number of hydrogen-bond donors (Lipinski definition) is 1. The van der Waals surface area contributed by atoms with E-state index < -0.39 is 11.2 Å². The maximum absolute atomic E-state index is 13.1. The van der Waals surface area contributed by atoms with Crippen molar-refractivity contribution in [1.82, 2.24) is 4.90 Å². The number of nitrogens with one attached hydrogen (secondary N) is 1. The molecule has 0 bridgehead atoms. The third-order valence-corrected chi connectivity index (χ3v) is 6.54. The Balaban J connectivity index is 1.48. The lowest BCUT2D eigenvalue weighted by Crippen LogP contribution is -2.33. The van der Waals surface area contributed by atoms with E-state index in [1.54, 1.807) is 42.2 Å². The van der Waals surface area contributed by atoms with Crippen molar-refractivity contribution < 1.29 is 19.1 Å². The second kappa shape index (κ2) is 11.0. The van der Waals surface area contributed by atoms with Crippen LogP contribution in [0.5, 0.6) is 0 Å². The van der Waals surface area contributed by atoms with Gasteiger partial charge in [0, 0.05) is 24.0 Å². The zero-order valence-electron chi connectivity index (χ0n) is 19.3. The molecule has 4 rings (SSSR count). The molecule has 0 spiro atoms. The predicted octanol–water partition coefficient (Wildman–Crippen LogP) is 5.16. The lowest BCUT2D eigenvalue weighted by molar-refractivity contribution is -0.127. The smallest absolute Gasteiger partial charge is 0.338 e. The average molecular weight is 488 g/mol. The maximum Gasteiger partial charge on any atom is 0.338 e. The van der Waals surface area contributed by atoms with Crippen molar-refractivity contribution in [2.24, 2.45) is 4.99 Å². The molecule has 1 fully saturated rings. The van der Waals surface area contributed by atoms with Crippen molar-refractivity contribution in [2.45, 2.75) is 18.6 Å². The summed E-state index contributed by atoms with van der Waals surface area (Å²) in [7, 11) is 0. The average Bonchev–Trinajstić information content (AvgIpc) is 3.14. The lowest BCUT2D eigenvalue weighted by atomic mass is 10.1. The Morgan fingerprint density at radius 3 is 2.60 bits per heavy atom. The molecule has 3 aromatic carbocycles. The van der Waals surface area contributed by atoms with Gasteiger partial charge in [0.15, 0.2) is 5.17 Å². The quantitative estimate of drug-likeness (QED) is 0.350.